The standard InChI is InChI=1S/C9H10N2OS/c10-6-7-1-2-9(8(11)5-7)13-4-3-12/h1-2,5,12H,3-4,11H2. The third-order valence-electron chi connectivity index (χ3n) is 1.49. The number of anilines is 1. The highest BCUT2D eigenvalue weighted by Crippen LogP contribution is 2.25. The lowest BCUT2D eigenvalue weighted by atomic mass is 10.2. The number of rotatable bonds is 3. The average molecular weight is 194 g/mol. The van der Waals surface area contributed by atoms with E-state index in [0.717, 1.165) is 4.90 Å². The predicted molar refractivity (Wildman–Crippen MR) is 53.4 cm³/mol. The molecule has 0 bridgehead atoms. The molecule has 4 heteroatoms. The van der Waals surface area contributed by atoms with E-state index in [1.807, 2.05) is 6.07 Å². The Morgan fingerprint density at radius 1 is 1.54 bits per heavy atom. The zero-order chi connectivity index (χ0) is 9.68. The van der Waals surface area contributed by atoms with Crippen LogP contribution >= 0.6 is 11.8 Å². The zero-order valence-corrected chi connectivity index (χ0v) is 7.84. The van der Waals surface area contributed by atoms with Gasteiger partial charge in [-0.3, -0.25) is 0 Å². The van der Waals surface area contributed by atoms with E-state index >= 15 is 0 Å². The number of nitrogen functional groups attached to an aromatic ring is 1. The minimum Gasteiger partial charge on any atom is -0.398 e. The molecule has 1 aromatic rings. The molecule has 0 unspecified atom stereocenters. The summed E-state index contributed by atoms with van der Waals surface area (Å²) in [6, 6.07) is 7.17. The van der Waals surface area contributed by atoms with Crippen LogP contribution in [0.15, 0.2) is 23.1 Å². The van der Waals surface area contributed by atoms with Gasteiger partial charge in [-0.2, -0.15) is 5.26 Å². The molecule has 0 amide bonds. The second-order valence-electron chi connectivity index (χ2n) is 2.44. The molecule has 0 aliphatic rings. The predicted octanol–water partition coefficient (Wildman–Crippen LogP) is 1.22. The Morgan fingerprint density at radius 3 is 2.85 bits per heavy atom. The van der Waals surface area contributed by atoms with Crippen molar-refractivity contribution >= 4 is 17.4 Å². The molecule has 3 N–H and O–H groups in total. The number of nitriles is 1. The van der Waals surface area contributed by atoms with E-state index in [0.29, 0.717) is 17.0 Å². The van der Waals surface area contributed by atoms with Crippen molar-refractivity contribution in [2.24, 2.45) is 0 Å². The zero-order valence-electron chi connectivity index (χ0n) is 7.03. The average Bonchev–Trinajstić information content (AvgIpc) is 2.16. The van der Waals surface area contributed by atoms with Crippen LogP contribution in [0.5, 0.6) is 0 Å². The van der Waals surface area contributed by atoms with Gasteiger partial charge in [0, 0.05) is 16.3 Å². The quantitative estimate of drug-likeness (QED) is 0.560. The van der Waals surface area contributed by atoms with Gasteiger partial charge in [-0.1, -0.05) is 0 Å². The Hall–Kier alpha value is -1.18. The van der Waals surface area contributed by atoms with Crippen molar-refractivity contribution < 1.29 is 5.11 Å². The van der Waals surface area contributed by atoms with Crippen molar-refractivity contribution in [3.63, 3.8) is 0 Å². The van der Waals surface area contributed by atoms with Gasteiger partial charge in [0.05, 0.1) is 18.2 Å². The Bertz CT molecular complexity index is 333. The van der Waals surface area contributed by atoms with Crippen molar-refractivity contribution in [3.8, 4) is 6.07 Å². The first kappa shape index (κ1) is 9.90. The number of benzene rings is 1. The summed E-state index contributed by atoms with van der Waals surface area (Å²) in [5.41, 5.74) is 6.84. The molecule has 13 heavy (non-hydrogen) atoms. The van der Waals surface area contributed by atoms with Crippen LogP contribution in [0.3, 0.4) is 0 Å². The monoisotopic (exact) mass is 194 g/mol. The van der Waals surface area contributed by atoms with E-state index in [4.69, 9.17) is 16.1 Å². The number of nitrogens with zero attached hydrogens (tertiary/aromatic N) is 1. The molecule has 1 rings (SSSR count). The van der Waals surface area contributed by atoms with E-state index < -0.39 is 0 Å². The second-order valence-corrected chi connectivity index (χ2v) is 3.57. The Morgan fingerprint density at radius 2 is 2.31 bits per heavy atom. The summed E-state index contributed by atoms with van der Waals surface area (Å²) >= 11 is 1.48. The summed E-state index contributed by atoms with van der Waals surface area (Å²) in [5.74, 6) is 0.621. The molecule has 0 spiro atoms. The molecule has 3 nitrogen and oxygen atoms in total. The largest absolute Gasteiger partial charge is 0.398 e. The number of hydrogen-bond donors (Lipinski definition) is 2. The van der Waals surface area contributed by atoms with Gasteiger partial charge in [0.2, 0.25) is 0 Å². The molecular formula is C9H10N2OS. The van der Waals surface area contributed by atoms with E-state index in [9.17, 15) is 0 Å². The van der Waals surface area contributed by atoms with Gasteiger partial charge in [0.25, 0.3) is 0 Å². The third-order valence-corrected chi connectivity index (χ3v) is 2.56. The van der Waals surface area contributed by atoms with Crippen LogP contribution < -0.4 is 5.73 Å². The minimum atomic E-state index is 0.129. The van der Waals surface area contributed by atoms with Crippen LogP contribution in [-0.2, 0) is 0 Å². The van der Waals surface area contributed by atoms with Gasteiger partial charge in [0.1, 0.15) is 0 Å². The first-order valence-electron chi connectivity index (χ1n) is 3.81. The highest BCUT2D eigenvalue weighted by atomic mass is 32.2. The molecule has 68 valence electrons. The van der Waals surface area contributed by atoms with E-state index in [1.165, 1.54) is 11.8 Å². The smallest absolute Gasteiger partial charge is 0.0992 e. The third kappa shape index (κ3) is 2.65. The molecule has 0 aromatic heterocycles. The van der Waals surface area contributed by atoms with Crippen molar-refractivity contribution in [3.05, 3.63) is 23.8 Å². The van der Waals surface area contributed by atoms with Crippen LogP contribution in [0, 0.1) is 11.3 Å². The maximum absolute atomic E-state index is 8.61. The number of nitrogens with two attached hydrogens (primary N) is 1. The van der Waals surface area contributed by atoms with Gasteiger partial charge in [-0.15, -0.1) is 11.8 Å². The van der Waals surface area contributed by atoms with Crippen LogP contribution in [0.2, 0.25) is 0 Å². The fourth-order valence-electron chi connectivity index (χ4n) is 0.905. The van der Waals surface area contributed by atoms with Crippen molar-refractivity contribution in [1.82, 2.24) is 0 Å². The van der Waals surface area contributed by atoms with Gasteiger partial charge in [-0.05, 0) is 18.2 Å². The molecule has 0 aliphatic carbocycles. The summed E-state index contributed by atoms with van der Waals surface area (Å²) in [6.07, 6.45) is 0. The molecule has 1 aromatic carbocycles. The van der Waals surface area contributed by atoms with Crippen LogP contribution in [-0.4, -0.2) is 17.5 Å². The Kier molecular flexibility index (Phi) is 3.62. The van der Waals surface area contributed by atoms with Gasteiger partial charge in [0.15, 0.2) is 0 Å². The van der Waals surface area contributed by atoms with E-state index in [1.54, 1.807) is 18.2 Å². The van der Waals surface area contributed by atoms with Gasteiger partial charge < -0.3 is 10.8 Å². The molecule has 0 saturated carbocycles. The van der Waals surface area contributed by atoms with Crippen molar-refractivity contribution in [2.45, 2.75) is 4.90 Å². The van der Waals surface area contributed by atoms with Crippen molar-refractivity contribution in [1.29, 1.82) is 5.26 Å². The molecule has 0 radical (unpaired) electrons. The fourth-order valence-corrected chi connectivity index (χ4v) is 1.61. The summed E-state index contributed by atoms with van der Waals surface area (Å²) in [4.78, 5) is 0.910. The summed E-state index contributed by atoms with van der Waals surface area (Å²) in [6.45, 7) is 0.129. The second kappa shape index (κ2) is 4.75. The maximum Gasteiger partial charge on any atom is 0.0992 e. The summed E-state index contributed by atoms with van der Waals surface area (Å²) in [5, 5.41) is 17.2. The fraction of sp³-hybridized carbons (Fsp3) is 0.222. The van der Waals surface area contributed by atoms with E-state index in [-0.39, 0.29) is 6.61 Å². The molecule has 0 aliphatic heterocycles. The minimum absolute atomic E-state index is 0.129. The highest BCUT2D eigenvalue weighted by molar-refractivity contribution is 7.99. The molecule has 0 atom stereocenters. The Labute approximate surface area is 81.2 Å². The lowest BCUT2D eigenvalue weighted by Crippen LogP contribution is -1.92. The number of thioether (sulfide) groups is 1. The summed E-state index contributed by atoms with van der Waals surface area (Å²) < 4.78 is 0. The lowest BCUT2D eigenvalue weighted by Gasteiger charge is -2.03. The number of aliphatic hydroxyl groups excluding tert-OH is 1. The Balaban J connectivity index is 2.81. The lowest BCUT2D eigenvalue weighted by molar-refractivity contribution is 0.322. The first-order valence-corrected chi connectivity index (χ1v) is 4.79. The van der Waals surface area contributed by atoms with E-state index in [2.05, 4.69) is 0 Å². The summed E-state index contributed by atoms with van der Waals surface area (Å²) in [7, 11) is 0. The highest BCUT2D eigenvalue weighted by Gasteiger charge is 2.00. The molecular weight excluding hydrogens is 184 g/mol. The van der Waals surface area contributed by atoms with Gasteiger partial charge >= 0.3 is 0 Å². The topological polar surface area (TPSA) is 70.0 Å². The van der Waals surface area contributed by atoms with Gasteiger partial charge in [-0.25, -0.2) is 0 Å². The first-order chi connectivity index (χ1) is 6.27. The molecule has 0 saturated heterocycles. The maximum atomic E-state index is 8.61. The van der Waals surface area contributed by atoms with Crippen molar-refractivity contribution in [2.75, 3.05) is 18.1 Å². The molecule has 0 heterocycles. The number of aliphatic hydroxyl groups is 1. The van der Waals surface area contributed by atoms with Crippen LogP contribution in [0.4, 0.5) is 5.69 Å². The van der Waals surface area contributed by atoms with Crippen LogP contribution in [0.1, 0.15) is 5.56 Å². The normalized spacial score (nSPS) is 9.54. The number of hydrogen-bond acceptors (Lipinski definition) is 4. The SMILES string of the molecule is N#Cc1ccc(SCCO)c(N)c1. The van der Waals surface area contributed by atoms with Crippen LogP contribution in [0.25, 0.3) is 0 Å². The molecule has 0 fully saturated rings.